The van der Waals surface area contributed by atoms with E-state index in [9.17, 15) is 0 Å². The first-order valence-corrected chi connectivity index (χ1v) is 8.49. The maximum Gasteiger partial charge on any atom is 0.771 e. The quantitative estimate of drug-likeness (QED) is 0.297. The Balaban J connectivity index is 3.83. The van der Waals surface area contributed by atoms with Crippen LogP contribution in [0.2, 0.25) is 19.6 Å². The van der Waals surface area contributed by atoms with Crippen molar-refractivity contribution in [3.8, 4) is 0 Å². The fraction of sp³-hybridized carbons (Fsp3) is 0.600. The topological polar surface area (TPSA) is 68.2 Å². The van der Waals surface area contributed by atoms with Crippen molar-refractivity contribution in [1.82, 2.24) is 0 Å². The summed E-state index contributed by atoms with van der Waals surface area (Å²) in [5, 5.41) is 0. The molecule has 0 aliphatic carbocycles. The highest BCUT2D eigenvalue weighted by atomic mass is 28.4. The normalized spacial score (nSPS) is 12.8. The molecule has 0 spiro atoms. The summed E-state index contributed by atoms with van der Waals surface area (Å²) in [4.78, 5) is 17.9. The molecule has 0 bridgehead atoms. The molecule has 0 radical (unpaired) electrons. The number of rotatable bonds is 5. The van der Waals surface area contributed by atoms with Crippen LogP contribution in [0.1, 0.15) is 0 Å². The van der Waals surface area contributed by atoms with E-state index in [1.165, 1.54) is 0 Å². The first kappa shape index (κ1) is 11.8. The van der Waals surface area contributed by atoms with Crippen molar-refractivity contribution < 1.29 is 23.2 Å². The SMILES string of the molecule is C=CO[Si](O)(O)OO[Si](C)(C)C. The summed E-state index contributed by atoms with van der Waals surface area (Å²) >= 11 is 0. The van der Waals surface area contributed by atoms with Crippen molar-refractivity contribution in [1.29, 1.82) is 0 Å². The van der Waals surface area contributed by atoms with E-state index in [0.29, 0.717) is 0 Å². The smallest absolute Gasteiger partial charge is 0.486 e. The van der Waals surface area contributed by atoms with Gasteiger partial charge in [0.2, 0.25) is 8.32 Å². The van der Waals surface area contributed by atoms with Crippen molar-refractivity contribution in [2.45, 2.75) is 19.6 Å². The minimum Gasteiger partial charge on any atom is -0.486 e. The molecule has 12 heavy (non-hydrogen) atoms. The van der Waals surface area contributed by atoms with Gasteiger partial charge in [-0.2, -0.15) is 4.58 Å². The second-order valence-corrected chi connectivity index (χ2v) is 9.00. The number of hydrogen-bond donors (Lipinski definition) is 2. The van der Waals surface area contributed by atoms with Gasteiger partial charge in [-0.3, -0.25) is 4.58 Å². The molecule has 7 heteroatoms. The zero-order valence-electron chi connectivity index (χ0n) is 7.40. The van der Waals surface area contributed by atoms with Gasteiger partial charge in [-0.05, 0) is 19.6 Å². The Kier molecular flexibility index (Phi) is 4.10. The Hall–Kier alpha value is -0.186. The molecule has 0 aromatic heterocycles. The van der Waals surface area contributed by atoms with E-state index in [1.807, 2.05) is 19.6 Å². The fourth-order valence-corrected chi connectivity index (χ4v) is 2.00. The van der Waals surface area contributed by atoms with Crippen LogP contribution in [0.4, 0.5) is 0 Å². The third-order valence-electron chi connectivity index (χ3n) is 0.637. The van der Waals surface area contributed by atoms with E-state index in [0.717, 1.165) is 6.26 Å². The molecule has 0 atom stereocenters. The van der Waals surface area contributed by atoms with Crippen LogP contribution < -0.4 is 0 Å². The summed E-state index contributed by atoms with van der Waals surface area (Å²) in [5.74, 6) is 0. The van der Waals surface area contributed by atoms with Crippen LogP contribution in [0, 0.1) is 0 Å². The van der Waals surface area contributed by atoms with Crippen LogP contribution in [0.25, 0.3) is 0 Å². The summed E-state index contributed by atoms with van der Waals surface area (Å²) in [6, 6.07) is 0. The standard InChI is InChI=1S/C5H14O5Si2/c1-5-8-12(6,7)10-9-11(2,3)4/h5-7H,1H2,2-4H3. The molecule has 0 aromatic carbocycles. The molecular formula is C5H14O5Si2. The second kappa shape index (κ2) is 4.16. The van der Waals surface area contributed by atoms with Gasteiger partial charge >= 0.3 is 9.05 Å². The average molecular weight is 210 g/mol. The third-order valence-corrected chi connectivity index (χ3v) is 2.16. The first-order chi connectivity index (χ1) is 5.27. The van der Waals surface area contributed by atoms with Crippen molar-refractivity contribution in [2.75, 3.05) is 0 Å². The predicted octanol–water partition coefficient (Wildman–Crippen LogP) is 0.350. The molecule has 0 unspecified atom stereocenters. The molecule has 5 nitrogen and oxygen atoms in total. The largest absolute Gasteiger partial charge is 0.771 e. The predicted molar refractivity (Wildman–Crippen MR) is 47.0 cm³/mol. The maximum atomic E-state index is 8.95. The zero-order chi connectivity index (χ0) is 9.83. The number of hydrogen-bond acceptors (Lipinski definition) is 5. The van der Waals surface area contributed by atoms with Crippen molar-refractivity contribution in [3.63, 3.8) is 0 Å². The van der Waals surface area contributed by atoms with E-state index in [1.54, 1.807) is 0 Å². The zero-order valence-corrected chi connectivity index (χ0v) is 9.40. The van der Waals surface area contributed by atoms with Crippen LogP contribution in [-0.2, 0) is 13.6 Å². The van der Waals surface area contributed by atoms with Crippen molar-refractivity contribution in [2.24, 2.45) is 0 Å². The molecule has 0 saturated carbocycles. The molecule has 72 valence electrons. The van der Waals surface area contributed by atoms with Crippen LogP contribution in [0.5, 0.6) is 0 Å². The van der Waals surface area contributed by atoms with Crippen LogP contribution in [-0.4, -0.2) is 27.0 Å². The van der Waals surface area contributed by atoms with E-state index in [-0.39, 0.29) is 0 Å². The van der Waals surface area contributed by atoms with Crippen LogP contribution in [0.15, 0.2) is 12.8 Å². The minimum atomic E-state index is -4.12. The van der Waals surface area contributed by atoms with E-state index >= 15 is 0 Å². The maximum absolute atomic E-state index is 8.95. The van der Waals surface area contributed by atoms with Crippen molar-refractivity contribution >= 4 is 17.4 Å². The van der Waals surface area contributed by atoms with Gasteiger partial charge in [-0.15, -0.1) is 0 Å². The Morgan fingerprint density at radius 3 is 2.00 bits per heavy atom. The molecule has 0 aromatic rings. The van der Waals surface area contributed by atoms with Crippen LogP contribution in [0.3, 0.4) is 0 Å². The molecule has 0 aliphatic rings. The third kappa shape index (κ3) is 6.52. The lowest BCUT2D eigenvalue weighted by molar-refractivity contribution is -0.188. The molecule has 0 rings (SSSR count). The fourth-order valence-electron chi connectivity index (χ4n) is 0.307. The molecule has 0 heterocycles. The van der Waals surface area contributed by atoms with Crippen LogP contribution >= 0.6 is 0 Å². The summed E-state index contributed by atoms with van der Waals surface area (Å²) in [6.45, 7) is 8.67. The lowest BCUT2D eigenvalue weighted by atomic mass is 11.2. The lowest BCUT2D eigenvalue weighted by Crippen LogP contribution is -2.44. The van der Waals surface area contributed by atoms with E-state index < -0.39 is 17.4 Å². The average Bonchev–Trinajstić information content (AvgIpc) is 1.83. The van der Waals surface area contributed by atoms with Crippen molar-refractivity contribution in [3.05, 3.63) is 12.8 Å². The summed E-state index contributed by atoms with van der Waals surface area (Å²) < 4.78 is 13.4. The second-order valence-electron chi connectivity index (χ2n) is 3.11. The van der Waals surface area contributed by atoms with Gasteiger partial charge in [0.15, 0.2) is 0 Å². The highest BCUT2D eigenvalue weighted by Gasteiger charge is 2.41. The molecule has 2 N–H and O–H groups in total. The van der Waals surface area contributed by atoms with Gasteiger partial charge in [0.05, 0.1) is 6.26 Å². The first-order valence-electron chi connectivity index (χ1n) is 3.37. The molecule has 0 aliphatic heterocycles. The van der Waals surface area contributed by atoms with Gasteiger partial charge in [0, 0.05) is 0 Å². The highest BCUT2D eigenvalue weighted by molar-refractivity contribution is 6.69. The Bertz CT molecular complexity index is 152. The molecule has 0 amide bonds. The highest BCUT2D eigenvalue weighted by Crippen LogP contribution is 2.07. The summed E-state index contributed by atoms with van der Waals surface area (Å²) in [6.07, 6.45) is 0.903. The van der Waals surface area contributed by atoms with E-state index in [4.69, 9.17) is 14.2 Å². The molecule has 0 saturated heterocycles. The van der Waals surface area contributed by atoms with Gasteiger partial charge in [-0.1, -0.05) is 6.58 Å². The lowest BCUT2D eigenvalue weighted by Gasteiger charge is -2.20. The van der Waals surface area contributed by atoms with Gasteiger partial charge < -0.3 is 14.0 Å². The molecular weight excluding hydrogens is 196 g/mol. The Morgan fingerprint density at radius 1 is 1.17 bits per heavy atom. The Morgan fingerprint density at radius 2 is 1.67 bits per heavy atom. The van der Waals surface area contributed by atoms with Gasteiger partial charge in [0.1, 0.15) is 0 Å². The van der Waals surface area contributed by atoms with Gasteiger partial charge in [-0.25, -0.2) is 0 Å². The Labute approximate surface area is 73.7 Å². The summed E-state index contributed by atoms with van der Waals surface area (Å²) in [7, 11) is -6.04. The summed E-state index contributed by atoms with van der Waals surface area (Å²) in [5.41, 5.74) is 0. The van der Waals surface area contributed by atoms with E-state index in [2.05, 4.69) is 15.6 Å². The minimum absolute atomic E-state index is 0.903. The monoisotopic (exact) mass is 210 g/mol. The van der Waals surface area contributed by atoms with Gasteiger partial charge in [0.25, 0.3) is 0 Å². The molecule has 0 fully saturated rings.